The standard InChI is InChI=1S/C17H16N4/c1-2-9-15-13(7-1)17(14-8-3-5-11-18-14)20-21(15)16-10-4-6-12-19-16/h3-6,8,10-12H,1-2,7,9H2. The molecule has 3 aromatic heterocycles. The van der Waals surface area contributed by atoms with E-state index in [9.17, 15) is 0 Å². The Kier molecular flexibility index (Phi) is 2.99. The molecule has 0 bridgehead atoms. The first-order chi connectivity index (χ1) is 10.4. The summed E-state index contributed by atoms with van der Waals surface area (Å²) in [6, 6.07) is 11.9. The lowest BCUT2D eigenvalue weighted by Gasteiger charge is -2.13. The van der Waals surface area contributed by atoms with Gasteiger partial charge in [-0.25, -0.2) is 9.67 Å². The lowest BCUT2D eigenvalue weighted by atomic mass is 9.95. The largest absolute Gasteiger partial charge is 0.255 e. The highest BCUT2D eigenvalue weighted by molar-refractivity contribution is 5.61. The first kappa shape index (κ1) is 12.3. The second kappa shape index (κ2) is 5.13. The van der Waals surface area contributed by atoms with Gasteiger partial charge < -0.3 is 0 Å². The fourth-order valence-electron chi connectivity index (χ4n) is 2.98. The molecule has 0 amide bonds. The van der Waals surface area contributed by atoms with Crippen molar-refractivity contribution < 1.29 is 0 Å². The van der Waals surface area contributed by atoms with Crippen molar-refractivity contribution in [1.82, 2.24) is 19.7 Å². The predicted molar refractivity (Wildman–Crippen MR) is 81.2 cm³/mol. The summed E-state index contributed by atoms with van der Waals surface area (Å²) in [5, 5.41) is 4.82. The third kappa shape index (κ3) is 2.13. The molecule has 0 atom stereocenters. The number of pyridine rings is 2. The molecule has 0 N–H and O–H groups in total. The van der Waals surface area contributed by atoms with E-state index >= 15 is 0 Å². The van der Waals surface area contributed by atoms with Gasteiger partial charge in [0.05, 0.1) is 5.69 Å². The van der Waals surface area contributed by atoms with E-state index in [1.165, 1.54) is 24.1 Å². The normalized spacial score (nSPS) is 13.9. The highest BCUT2D eigenvalue weighted by Crippen LogP contribution is 2.31. The maximum absolute atomic E-state index is 4.82. The van der Waals surface area contributed by atoms with Crippen molar-refractivity contribution in [3.05, 3.63) is 60.0 Å². The molecule has 0 fully saturated rings. The summed E-state index contributed by atoms with van der Waals surface area (Å²) >= 11 is 0. The Morgan fingerprint density at radius 3 is 2.43 bits per heavy atom. The van der Waals surface area contributed by atoms with Crippen molar-refractivity contribution >= 4 is 0 Å². The quantitative estimate of drug-likeness (QED) is 0.722. The van der Waals surface area contributed by atoms with Crippen LogP contribution in [-0.4, -0.2) is 19.7 Å². The van der Waals surface area contributed by atoms with Gasteiger partial charge in [0.25, 0.3) is 0 Å². The summed E-state index contributed by atoms with van der Waals surface area (Å²) in [6.07, 6.45) is 8.21. The minimum atomic E-state index is 0.887. The van der Waals surface area contributed by atoms with E-state index in [0.717, 1.165) is 30.0 Å². The van der Waals surface area contributed by atoms with E-state index in [1.54, 1.807) is 0 Å². The average Bonchev–Trinajstić information content (AvgIpc) is 2.96. The zero-order valence-electron chi connectivity index (χ0n) is 11.7. The van der Waals surface area contributed by atoms with Crippen LogP contribution in [-0.2, 0) is 12.8 Å². The van der Waals surface area contributed by atoms with Gasteiger partial charge in [0.1, 0.15) is 5.69 Å². The van der Waals surface area contributed by atoms with Gasteiger partial charge in [-0.15, -0.1) is 0 Å². The van der Waals surface area contributed by atoms with Crippen LogP contribution < -0.4 is 0 Å². The van der Waals surface area contributed by atoms with Crippen molar-refractivity contribution in [1.29, 1.82) is 0 Å². The third-order valence-corrected chi connectivity index (χ3v) is 3.95. The van der Waals surface area contributed by atoms with Crippen LogP contribution >= 0.6 is 0 Å². The first-order valence-corrected chi connectivity index (χ1v) is 7.37. The number of fused-ring (bicyclic) bond motifs is 1. The molecule has 1 aliphatic carbocycles. The third-order valence-electron chi connectivity index (χ3n) is 3.95. The maximum atomic E-state index is 4.82. The van der Waals surface area contributed by atoms with Crippen molar-refractivity contribution in [2.45, 2.75) is 25.7 Å². The molecule has 0 aromatic carbocycles. The van der Waals surface area contributed by atoms with E-state index in [0.29, 0.717) is 0 Å². The highest BCUT2D eigenvalue weighted by atomic mass is 15.3. The summed E-state index contributed by atoms with van der Waals surface area (Å²) in [5.74, 6) is 0.887. The molecule has 0 saturated carbocycles. The number of nitrogens with zero attached hydrogens (tertiary/aromatic N) is 4. The monoisotopic (exact) mass is 276 g/mol. The number of hydrogen-bond acceptors (Lipinski definition) is 3. The zero-order valence-corrected chi connectivity index (χ0v) is 11.7. The van der Waals surface area contributed by atoms with Crippen LogP contribution in [0.15, 0.2) is 48.8 Å². The number of aromatic nitrogens is 4. The SMILES string of the molecule is c1ccc(-c2nn(-c3ccccn3)c3c2CCCC3)nc1. The summed E-state index contributed by atoms with van der Waals surface area (Å²) in [5.41, 5.74) is 4.59. The fourth-order valence-corrected chi connectivity index (χ4v) is 2.98. The van der Waals surface area contributed by atoms with E-state index in [1.807, 2.05) is 53.5 Å². The van der Waals surface area contributed by atoms with Crippen molar-refractivity contribution in [3.63, 3.8) is 0 Å². The second-order valence-electron chi connectivity index (χ2n) is 5.30. The number of rotatable bonds is 2. The van der Waals surface area contributed by atoms with Crippen LogP contribution in [0.3, 0.4) is 0 Å². The molecule has 3 heterocycles. The molecule has 0 saturated heterocycles. The Bertz CT molecular complexity index is 683. The van der Waals surface area contributed by atoms with E-state index in [2.05, 4.69) is 9.97 Å². The van der Waals surface area contributed by atoms with E-state index in [4.69, 9.17) is 5.10 Å². The molecular formula is C17H16N4. The summed E-state index contributed by atoms with van der Waals surface area (Å²) < 4.78 is 2.00. The first-order valence-electron chi connectivity index (χ1n) is 7.37. The second-order valence-corrected chi connectivity index (χ2v) is 5.30. The van der Waals surface area contributed by atoms with Gasteiger partial charge in [-0.05, 0) is 49.9 Å². The van der Waals surface area contributed by atoms with Gasteiger partial charge in [-0.1, -0.05) is 12.1 Å². The van der Waals surface area contributed by atoms with Crippen molar-refractivity contribution in [2.24, 2.45) is 0 Å². The van der Waals surface area contributed by atoms with Crippen molar-refractivity contribution in [3.8, 4) is 17.2 Å². The summed E-state index contributed by atoms with van der Waals surface area (Å²) in [6.45, 7) is 0. The van der Waals surface area contributed by atoms with Gasteiger partial charge in [0.2, 0.25) is 0 Å². The molecule has 21 heavy (non-hydrogen) atoms. The van der Waals surface area contributed by atoms with Gasteiger partial charge in [0, 0.05) is 23.7 Å². The molecule has 3 aromatic rings. The number of hydrogen-bond donors (Lipinski definition) is 0. The summed E-state index contributed by atoms with van der Waals surface area (Å²) in [4.78, 5) is 8.91. The smallest absolute Gasteiger partial charge is 0.153 e. The highest BCUT2D eigenvalue weighted by Gasteiger charge is 2.23. The van der Waals surface area contributed by atoms with Crippen LogP contribution in [0.2, 0.25) is 0 Å². The lowest BCUT2D eigenvalue weighted by molar-refractivity contribution is 0.649. The van der Waals surface area contributed by atoms with Crippen LogP contribution in [0, 0.1) is 0 Å². The van der Waals surface area contributed by atoms with E-state index < -0.39 is 0 Å². The summed E-state index contributed by atoms with van der Waals surface area (Å²) in [7, 11) is 0. The average molecular weight is 276 g/mol. The van der Waals surface area contributed by atoms with Crippen molar-refractivity contribution in [2.75, 3.05) is 0 Å². The molecule has 0 spiro atoms. The van der Waals surface area contributed by atoms with Crippen LogP contribution in [0.5, 0.6) is 0 Å². The molecule has 104 valence electrons. The molecule has 4 rings (SSSR count). The Labute approximate surface area is 123 Å². The van der Waals surface area contributed by atoms with Gasteiger partial charge in [0.15, 0.2) is 5.82 Å². The lowest BCUT2D eigenvalue weighted by Crippen LogP contribution is -2.08. The molecule has 0 aliphatic heterocycles. The van der Waals surface area contributed by atoms with E-state index in [-0.39, 0.29) is 0 Å². The topological polar surface area (TPSA) is 43.6 Å². The zero-order chi connectivity index (χ0) is 14.1. The Morgan fingerprint density at radius 1 is 0.857 bits per heavy atom. The maximum Gasteiger partial charge on any atom is 0.153 e. The molecule has 0 unspecified atom stereocenters. The Morgan fingerprint density at radius 2 is 1.67 bits per heavy atom. The van der Waals surface area contributed by atoms with Gasteiger partial charge in [-0.2, -0.15) is 5.10 Å². The van der Waals surface area contributed by atoms with Crippen LogP contribution in [0.25, 0.3) is 17.2 Å². The molecular weight excluding hydrogens is 260 g/mol. The van der Waals surface area contributed by atoms with Gasteiger partial charge >= 0.3 is 0 Å². The van der Waals surface area contributed by atoms with Gasteiger partial charge in [-0.3, -0.25) is 4.98 Å². The molecule has 1 aliphatic rings. The van der Waals surface area contributed by atoms with Crippen LogP contribution in [0.4, 0.5) is 0 Å². The molecule has 4 heteroatoms. The minimum Gasteiger partial charge on any atom is -0.255 e. The minimum absolute atomic E-state index is 0.887. The molecule has 0 radical (unpaired) electrons. The Balaban J connectivity index is 1.92. The molecule has 4 nitrogen and oxygen atoms in total. The predicted octanol–water partition coefficient (Wildman–Crippen LogP) is 3.21. The fraction of sp³-hybridized carbons (Fsp3) is 0.235. The Hall–Kier alpha value is -2.49. The van der Waals surface area contributed by atoms with Crippen LogP contribution in [0.1, 0.15) is 24.1 Å².